The maximum absolute atomic E-state index is 13.6. The molecule has 1 saturated carbocycles. The number of benzene rings is 1. The van der Waals surface area contributed by atoms with Gasteiger partial charge in [-0.2, -0.15) is 0 Å². The third-order valence-electron chi connectivity index (χ3n) is 4.22. The van der Waals surface area contributed by atoms with Crippen LogP contribution < -0.4 is 12.6 Å². The summed E-state index contributed by atoms with van der Waals surface area (Å²) in [6.45, 7) is 0. The van der Waals surface area contributed by atoms with Gasteiger partial charge in [-0.3, -0.25) is 0 Å². The summed E-state index contributed by atoms with van der Waals surface area (Å²) in [6, 6.07) is 6.66. The van der Waals surface area contributed by atoms with E-state index in [4.69, 9.17) is 24.2 Å². The molecule has 0 spiro atoms. The molecule has 0 saturated heterocycles. The molecule has 3 nitrogen and oxygen atoms in total. The van der Waals surface area contributed by atoms with Gasteiger partial charge in [0.1, 0.15) is 0 Å². The highest BCUT2D eigenvalue weighted by atomic mass is 80.0. The van der Waals surface area contributed by atoms with Crippen molar-refractivity contribution in [2.45, 2.75) is 50.0 Å². The Balaban J connectivity index is 0.000000511. The molecule has 1 aromatic heterocycles. The summed E-state index contributed by atoms with van der Waals surface area (Å²) in [5.74, 6) is 0.0728. The van der Waals surface area contributed by atoms with Gasteiger partial charge in [-0.15, -0.1) is 13.2 Å². The third kappa shape index (κ3) is 5.80. The third-order valence-corrected chi connectivity index (χ3v) is 6.63. The quantitative estimate of drug-likeness (QED) is 0.481. The Morgan fingerprint density at radius 3 is 2.08 bits per heavy atom. The molecule has 1 heterocycles. The van der Waals surface area contributed by atoms with Gasteiger partial charge in [0.25, 0.3) is 0 Å². The zero-order valence-electron chi connectivity index (χ0n) is 13.2. The first-order valence-corrected chi connectivity index (χ1v) is 11.3. The lowest BCUT2D eigenvalue weighted by molar-refractivity contribution is -1.73. The smallest absolute Gasteiger partial charge is 0.405 e. The van der Waals surface area contributed by atoms with E-state index in [2.05, 4.69) is 0 Å². The summed E-state index contributed by atoms with van der Waals surface area (Å²) in [6.07, 6.45) is 6.12. The van der Waals surface area contributed by atoms with Gasteiger partial charge in [-0.25, -0.2) is 0 Å². The predicted molar refractivity (Wildman–Crippen MR) is 83.2 cm³/mol. The first-order chi connectivity index (χ1) is 11.7. The Kier molecular flexibility index (Phi) is 7.54. The van der Waals surface area contributed by atoms with E-state index in [0.29, 0.717) is 20.0 Å². The van der Waals surface area contributed by atoms with Crippen LogP contribution >= 0.6 is 22.1 Å². The maximum atomic E-state index is 13.6. The number of alkyl halides is 3. The van der Waals surface area contributed by atoms with Gasteiger partial charge in [0.2, 0.25) is 14.8 Å². The minimum Gasteiger partial charge on any atom is -0.405 e. The second-order valence-corrected chi connectivity index (χ2v) is 9.07. The molecule has 0 bridgehead atoms. The standard InChI is InChI=1S/C16H17ClF3S.BrO3/c17-13-8-7-12-9-14(11-5-3-1-2-4-6-11)21(15(12)10-13)16(18,19)20;2-1(3)4/h7-11H,1-6H2;/q+1;-1. The minimum atomic E-state index is -4.21. The van der Waals surface area contributed by atoms with E-state index in [1.165, 1.54) is 6.07 Å². The van der Waals surface area contributed by atoms with E-state index < -0.39 is 30.8 Å². The second kappa shape index (κ2) is 9.01. The molecule has 1 atom stereocenters. The van der Waals surface area contributed by atoms with Crippen LogP contribution in [-0.4, -0.2) is 0 Å². The lowest BCUT2D eigenvalue weighted by Gasteiger charge is -2.10. The topological polar surface area (TPSA) is 69.2 Å². The van der Waals surface area contributed by atoms with Crippen molar-refractivity contribution in [1.82, 2.24) is 0 Å². The Bertz CT molecular complexity index is 695. The summed E-state index contributed by atoms with van der Waals surface area (Å²) in [7, 11) is -1.80. The molecule has 2 aromatic rings. The summed E-state index contributed by atoms with van der Waals surface area (Å²) >= 11 is 2.27. The highest BCUT2D eigenvalue weighted by Gasteiger charge is 2.49. The van der Waals surface area contributed by atoms with E-state index in [9.17, 15) is 13.2 Å². The van der Waals surface area contributed by atoms with Crippen molar-refractivity contribution < 1.29 is 40.6 Å². The van der Waals surface area contributed by atoms with E-state index >= 15 is 0 Å². The van der Waals surface area contributed by atoms with Gasteiger partial charge >= 0.3 is 5.51 Å². The lowest BCUT2D eigenvalue weighted by Crippen LogP contribution is -2.42. The van der Waals surface area contributed by atoms with Gasteiger partial charge in [0.15, 0.2) is 9.58 Å². The van der Waals surface area contributed by atoms with Crippen molar-refractivity contribution in [1.29, 1.82) is 0 Å². The fraction of sp³-hybridized carbons (Fsp3) is 0.500. The molecule has 0 aliphatic heterocycles. The first-order valence-electron chi connectivity index (χ1n) is 7.75. The van der Waals surface area contributed by atoms with Gasteiger partial charge < -0.3 is 12.6 Å². The van der Waals surface area contributed by atoms with Gasteiger partial charge in [0.05, 0.1) is 10.5 Å². The normalized spacial score (nSPS) is 17.4. The molecule has 1 aromatic carbocycles. The highest BCUT2D eigenvalue weighted by Crippen LogP contribution is 2.55. The summed E-state index contributed by atoms with van der Waals surface area (Å²) in [5, 5.41) is 1.07. The van der Waals surface area contributed by atoms with Crippen LogP contribution in [0.1, 0.15) is 49.3 Å². The summed E-state index contributed by atoms with van der Waals surface area (Å²) < 4.78 is 66.7. The minimum absolute atomic E-state index is 0.0728. The maximum Gasteiger partial charge on any atom is 0.600 e. The van der Waals surface area contributed by atoms with Crippen LogP contribution in [0, 0.1) is 14.8 Å². The van der Waals surface area contributed by atoms with Crippen LogP contribution in [0.4, 0.5) is 13.2 Å². The Morgan fingerprint density at radius 1 is 1.00 bits per heavy atom. The number of fused-ring (bicyclic) bond motifs is 1. The number of rotatable bonds is 1. The van der Waals surface area contributed by atoms with Gasteiger partial charge in [0, 0.05) is 28.5 Å². The summed E-state index contributed by atoms with van der Waals surface area (Å²) in [5.41, 5.74) is -4.21. The molecule has 140 valence electrons. The predicted octanol–water partition coefficient (Wildman–Crippen LogP) is 3.59. The van der Waals surface area contributed by atoms with E-state index in [1.54, 1.807) is 18.2 Å². The fourth-order valence-corrected chi connectivity index (χ4v) is 5.68. The zero-order chi connectivity index (χ0) is 18.6. The lowest BCUT2D eigenvalue weighted by atomic mass is 9.98. The molecule has 9 heteroatoms. The van der Waals surface area contributed by atoms with Crippen LogP contribution in [0.2, 0.25) is 5.02 Å². The molecular formula is C16H17BrClF3O3S. The van der Waals surface area contributed by atoms with Crippen molar-refractivity contribution in [2.24, 2.45) is 0 Å². The zero-order valence-corrected chi connectivity index (χ0v) is 16.3. The molecule has 1 aliphatic carbocycles. The van der Waals surface area contributed by atoms with E-state index in [1.807, 2.05) is 0 Å². The Hall–Kier alpha value is -0.380. The summed E-state index contributed by atoms with van der Waals surface area (Å²) in [4.78, 5) is 0.585. The number of thiophene rings is 1. The molecule has 25 heavy (non-hydrogen) atoms. The Labute approximate surface area is 156 Å². The van der Waals surface area contributed by atoms with Crippen molar-refractivity contribution in [2.75, 3.05) is 0 Å². The highest BCUT2D eigenvalue weighted by molar-refractivity contribution is 7.38. The first kappa shape index (κ1) is 20.9. The second-order valence-electron chi connectivity index (χ2n) is 5.86. The van der Waals surface area contributed by atoms with Crippen LogP contribution in [0.25, 0.3) is 10.1 Å². The fourth-order valence-electron chi connectivity index (χ4n) is 3.25. The number of halogens is 5. The van der Waals surface area contributed by atoms with Crippen molar-refractivity contribution in [3.05, 3.63) is 34.2 Å². The molecule has 1 unspecified atom stereocenters. The Morgan fingerprint density at radius 2 is 1.56 bits per heavy atom. The van der Waals surface area contributed by atoms with Crippen LogP contribution in [0.15, 0.2) is 24.3 Å². The van der Waals surface area contributed by atoms with Crippen molar-refractivity contribution in [3.8, 4) is 0 Å². The number of hydrogen-bond acceptors (Lipinski definition) is 3. The largest absolute Gasteiger partial charge is 0.600 e. The van der Waals surface area contributed by atoms with Gasteiger partial charge in [-0.05, 0) is 25.0 Å². The van der Waals surface area contributed by atoms with Crippen LogP contribution in [0.5, 0.6) is 0 Å². The number of hydrogen-bond donors (Lipinski definition) is 0. The van der Waals surface area contributed by atoms with Crippen LogP contribution in [-0.2, 0) is 5.51 Å². The van der Waals surface area contributed by atoms with E-state index in [-0.39, 0.29) is 5.92 Å². The van der Waals surface area contributed by atoms with E-state index in [0.717, 1.165) is 38.5 Å². The monoisotopic (exact) mass is 460 g/mol. The van der Waals surface area contributed by atoms with Gasteiger partial charge in [-0.1, -0.05) is 37.3 Å². The van der Waals surface area contributed by atoms with Crippen molar-refractivity contribution in [3.63, 3.8) is 0 Å². The molecule has 1 aliphatic rings. The average Bonchev–Trinajstić information content (AvgIpc) is 2.67. The molecule has 0 radical (unpaired) electrons. The molecule has 3 rings (SSSR count). The SMILES string of the molecule is FC(F)(F)[s+]1c(C2CCCCCC2)cc2ccc(Cl)cc21.[O-][Br+2]([O-])[O-]. The molecule has 0 amide bonds. The molecule has 0 N–H and O–H groups in total. The van der Waals surface area contributed by atoms with Crippen LogP contribution in [0.3, 0.4) is 0 Å². The van der Waals surface area contributed by atoms with Crippen molar-refractivity contribution >= 4 is 32.2 Å². The molecular weight excluding hydrogens is 445 g/mol. The molecule has 1 fully saturated rings. The average molecular weight is 462 g/mol.